The van der Waals surface area contributed by atoms with Gasteiger partial charge in [-0.05, 0) is 30.3 Å². The van der Waals surface area contributed by atoms with Gasteiger partial charge < -0.3 is 14.0 Å². The van der Waals surface area contributed by atoms with Gasteiger partial charge in [-0.1, -0.05) is 12.1 Å². The van der Waals surface area contributed by atoms with Crippen molar-refractivity contribution in [2.24, 2.45) is 0 Å². The molecule has 0 saturated carbocycles. The van der Waals surface area contributed by atoms with Crippen LogP contribution in [0.2, 0.25) is 0 Å². The average Bonchev–Trinajstić information content (AvgIpc) is 3.07. The van der Waals surface area contributed by atoms with Gasteiger partial charge in [-0.25, -0.2) is 4.98 Å². The summed E-state index contributed by atoms with van der Waals surface area (Å²) in [5, 5.41) is 8.63. The summed E-state index contributed by atoms with van der Waals surface area (Å²) in [7, 11) is 1.68. The van der Waals surface area contributed by atoms with E-state index < -0.39 is 0 Å². The number of carbonyl (C=O) groups is 1. The molecule has 6 heteroatoms. The maximum absolute atomic E-state index is 12.3. The second-order valence-corrected chi connectivity index (χ2v) is 5.65. The number of rotatable bonds is 6. The first-order valence-corrected chi connectivity index (χ1v) is 7.95. The Balaban J connectivity index is 1.67. The minimum absolute atomic E-state index is 0.131. The molecule has 0 N–H and O–H groups in total. The molecule has 3 aromatic rings. The highest BCUT2D eigenvalue weighted by atomic mass is 16.5. The van der Waals surface area contributed by atoms with Crippen LogP contribution >= 0.6 is 0 Å². The molecule has 2 heterocycles. The monoisotopic (exact) mass is 334 g/mol. The summed E-state index contributed by atoms with van der Waals surface area (Å²) in [5.41, 5.74) is 2.21. The number of nitrogens with zero attached hydrogens (tertiary/aromatic N) is 4. The van der Waals surface area contributed by atoms with E-state index in [1.807, 2.05) is 47.1 Å². The Hall–Kier alpha value is -3.33. The summed E-state index contributed by atoms with van der Waals surface area (Å²) in [6.45, 7) is 0.727. The molecule has 0 atom stereocenters. The second kappa shape index (κ2) is 7.49. The topological polar surface area (TPSA) is 70.6 Å². The Morgan fingerprint density at radius 2 is 2.20 bits per heavy atom. The third kappa shape index (κ3) is 3.96. The molecule has 0 aliphatic carbocycles. The van der Waals surface area contributed by atoms with Gasteiger partial charge in [-0.3, -0.25) is 4.79 Å². The maximum Gasteiger partial charge on any atom is 0.253 e. The molecule has 0 bridgehead atoms. The van der Waals surface area contributed by atoms with E-state index >= 15 is 0 Å². The van der Waals surface area contributed by atoms with Gasteiger partial charge in [0, 0.05) is 31.5 Å². The van der Waals surface area contributed by atoms with Crippen LogP contribution in [0, 0.1) is 11.3 Å². The van der Waals surface area contributed by atoms with Crippen LogP contribution < -0.4 is 4.74 Å². The zero-order valence-electron chi connectivity index (χ0n) is 13.9. The van der Waals surface area contributed by atoms with Gasteiger partial charge in [0.05, 0.1) is 18.2 Å². The molecule has 1 aromatic carbocycles. The zero-order valence-corrected chi connectivity index (χ0v) is 13.9. The van der Waals surface area contributed by atoms with Crippen molar-refractivity contribution in [3.63, 3.8) is 0 Å². The van der Waals surface area contributed by atoms with Crippen molar-refractivity contribution in [2.45, 2.75) is 13.0 Å². The number of hydrogen-bond acceptors (Lipinski definition) is 4. The summed E-state index contributed by atoms with van der Waals surface area (Å²) in [4.78, 5) is 18.4. The first-order chi connectivity index (χ1) is 12.2. The van der Waals surface area contributed by atoms with E-state index in [2.05, 4.69) is 4.98 Å². The van der Waals surface area contributed by atoms with Crippen LogP contribution in [0.1, 0.15) is 22.5 Å². The van der Waals surface area contributed by atoms with Crippen LogP contribution in [-0.2, 0) is 6.61 Å². The van der Waals surface area contributed by atoms with Crippen molar-refractivity contribution >= 4 is 11.6 Å². The lowest BCUT2D eigenvalue weighted by atomic mass is 10.2. The fourth-order valence-corrected chi connectivity index (χ4v) is 2.47. The molecule has 1 amide bonds. The number of fused-ring (bicyclic) bond motifs is 1. The normalized spacial score (nSPS) is 10.4. The molecule has 6 nitrogen and oxygen atoms in total. The Morgan fingerprint density at radius 3 is 3.00 bits per heavy atom. The number of amides is 1. The fraction of sp³-hybridized carbons (Fsp3) is 0.211. The number of pyridine rings is 1. The SMILES string of the molecule is CN(CCC#N)C(=O)c1cccc(OCc2cn3ccccc3n2)c1. The molecule has 0 unspecified atom stereocenters. The molecule has 25 heavy (non-hydrogen) atoms. The lowest BCUT2D eigenvalue weighted by molar-refractivity contribution is 0.0797. The third-order valence-corrected chi connectivity index (χ3v) is 3.79. The molecule has 0 aliphatic rings. The van der Waals surface area contributed by atoms with Crippen LogP contribution in [0.4, 0.5) is 0 Å². The number of nitriles is 1. The van der Waals surface area contributed by atoms with E-state index in [1.54, 1.807) is 25.2 Å². The number of hydrogen-bond donors (Lipinski definition) is 0. The maximum atomic E-state index is 12.3. The quantitative estimate of drug-likeness (QED) is 0.695. The number of aromatic nitrogens is 2. The molecular formula is C19H18N4O2. The van der Waals surface area contributed by atoms with Crippen molar-refractivity contribution in [1.29, 1.82) is 5.26 Å². The van der Waals surface area contributed by atoms with Crippen molar-refractivity contribution in [1.82, 2.24) is 14.3 Å². The Labute approximate surface area is 145 Å². The van der Waals surface area contributed by atoms with Gasteiger partial charge in [-0.2, -0.15) is 5.26 Å². The number of carbonyl (C=O) groups excluding carboxylic acids is 1. The molecular weight excluding hydrogens is 316 g/mol. The molecule has 0 radical (unpaired) electrons. The first-order valence-electron chi connectivity index (χ1n) is 7.95. The Bertz CT molecular complexity index is 893. The van der Waals surface area contributed by atoms with E-state index in [0.717, 1.165) is 11.3 Å². The summed E-state index contributed by atoms with van der Waals surface area (Å²) in [6.07, 6.45) is 4.16. The van der Waals surface area contributed by atoms with Gasteiger partial charge in [0.15, 0.2) is 0 Å². The second-order valence-electron chi connectivity index (χ2n) is 5.65. The number of benzene rings is 1. The summed E-state index contributed by atoms with van der Waals surface area (Å²) >= 11 is 0. The Kier molecular flexibility index (Phi) is 4.95. The fourth-order valence-electron chi connectivity index (χ4n) is 2.47. The van der Waals surface area contributed by atoms with Crippen LogP contribution in [-0.4, -0.2) is 33.8 Å². The zero-order chi connectivity index (χ0) is 17.6. The summed E-state index contributed by atoms with van der Waals surface area (Å²) in [5.74, 6) is 0.477. The van der Waals surface area contributed by atoms with Crippen molar-refractivity contribution < 1.29 is 9.53 Å². The van der Waals surface area contributed by atoms with Crippen LogP contribution in [0.5, 0.6) is 5.75 Å². The third-order valence-electron chi connectivity index (χ3n) is 3.79. The van der Waals surface area contributed by atoms with E-state index in [0.29, 0.717) is 30.9 Å². The van der Waals surface area contributed by atoms with E-state index in [1.165, 1.54) is 4.90 Å². The smallest absolute Gasteiger partial charge is 0.253 e. The minimum Gasteiger partial charge on any atom is -0.487 e. The van der Waals surface area contributed by atoms with E-state index in [9.17, 15) is 4.79 Å². The van der Waals surface area contributed by atoms with Crippen LogP contribution in [0.3, 0.4) is 0 Å². The minimum atomic E-state index is -0.131. The molecule has 0 fully saturated rings. The molecule has 0 aliphatic heterocycles. The van der Waals surface area contributed by atoms with Gasteiger partial charge in [0.25, 0.3) is 5.91 Å². The van der Waals surface area contributed by atoms with Gasteiger partial charge in [0.2, 0.25) is 0 Å². The van der Waals surface area contributed by atoms with E-state index in [-0.39, 0.29) is 5.91 Å². The van der Waals surface area contributed by atoms with Crippen molar-refractivity contribution in [3.8, 4) is 11.8 Å². The van der Waals surface area contributed by atoms with Gasteiger partial charge in [-0.15, -0.1) is 0 Å². The van der Waals surface area contributed by atoms with Gasteiger partial charge in [0.1, 0.15) is 18.0 Å². The Morgan fingerprint density at radius 1 is 1.32 bits per heavy atom. The molecule has 3 rings (SSSR count). The average molecular weight is 334 g/mol. The predicted octanol–water partition coefficient (Wildman–Crippen LogP) is 2.90. The first kappa shape index (κ1) is 16.5. The van der Waals surface area contributed by atoms with Crippen LogP contribution in [0.25, 0.3) is 5.65 Å². The molecule has 2 aromatic heterocycles. The molecule has 0 saturated heterocycles. The molecule has 126 valence electrons. The van der Waals surface area contributed by atoms with Gasteiger partial charge >= 0.3 is 0 Å². The number of imidazole rings is 1. The lowest BCUT2D eigenvalue weighted by Gasteiger charge is -2.16. The van der Waals surface area contributed by atoms with Crippen LogP contribution in [0.15, 0.2) is 54.9 Å². The largest absolute Gasteiger partial charge is 0.487 e. The van der Waals surface area contributed by atoms with Crippen molar-refractivity contribution in [2.75, 3.05) is 13.6 Å². The summed E-state index contributed by atoms with van der Waals surface area (Å²) in [6, 6.07) is 14.9. The molecule has 0 spiro atoms. The number of ether oxygens (including phenoxy) is 1. The predicted molar refractivity (Wildman–Crippen MR) is 93.2 cm³/mol. The highest BCUT2D eigenvalue weighted by molar-refractivity contribution is 5.94. The highest BCUT2D eigenvalue weighted by Gasteiger charge is 2.12. The highest BCUT2D eigenvalue weighted by Crippen LogP contribution is 2.16. The standard InChI is InChI=1S/C19H18N4O2/c1-22(10-5-9-20)19(24)15-6-4-7-17(12-15)25-14-16-13-23-11-3-2-8-18(23)21-16/h2-4,6-8,11-13H,5,10,14H2,1H3. The van der Waals surface area contributed by atoms with Crippen molar-refractivity contribution in [3.05, 3.63) is 66.1 Å². The summed E-state index contributed by atoms with van der Waals surface area (Å²) < 4.78 is 7.71. The lowest BCUT2D eigenvalue weighted by Crippen LogP contribution is -2.27. The van der Waals surface area contributed by atoms with E-state index in [4.69, 9.17) is 10.00 Å².